The Bertz CT molecular complexity index is 669. The molecule has 0 N–H and O–H groups in total. The van der Waals surface area contributed by atoms with Crippen LogP contribution in [0.25, 0.3) is 10.9 Å². The molecule has 2 aromatic rings. The Hall–Kier alpha value is -1.81. The van der Waals surface area contributed by atoms with Gasteiger partial charge in [-0.05, 0) is 18.5 Å². The molecule has 4 nitrogen and oxygen atoms in total. The number of ether oxygens (including phenoxy) is 1. The highest BCUT2D eigenvalue weighted by molar-refractivity contribution is 5.96. The number of anilines is 1. The van der Waals surface area contributed by atoms with Crippen LogP contribution in [0.15, 0.2) is 24.4 Å². The second-order valence-corrected chi connectivity index (χ2v) is 6.39. The molecule has 22 heavy (non-hydrogen) atoms. The van der Waals surface area contributed by atoms with Crippen LogP contribution in [0, 0.1) is 5.92 Å². The second kappa shape index (κ2) is 6.13. The third kappa shape index (κ3) is 2.63. The highest BCUT2D eigenvalue weighted by atomic mass is 16.5. The van der Waals surface area contributed by atoms with Crippen LogP contribution in [0.5, 0.6) is 5.75 Å². The molecule has 118 valence electrons. The fourth-order valence-corrected chi connectivity index (χ4v) is 3.28. The van der Waals surface area contributed by atoms with Crippen molar-refractivity contribution in [2.24, 2.45) is 5.92 Å². The Kier molecular flexibility index (Phi) is 4.21. The molecule has 1 aliphatic heterocycles. The van der Waals surface area contributed by atoms with Gasteiger partial charge in [0.1, 0.15) is 11.3 Å². The largest absolute Gasteiger partial charge is 0.494 e. The summed E-state index contributed by atoms with van der Waals surface area (Å²) in [7, 11) is 1.71. The summed E-state index contributed by atoms with van der Waals surface area (Å²) in [6.45, 7) is 10.8. The number of methoxy groups -OCH3 is 1. The quantitative estimate of drug-likeness (QED) is 0.864. The van der Waals surface area contributed by atoms with Crippen LogP contribution in [-0.2, 0) is 6.54 Å². The third-order valence-electron chi connectivity index (χ3n) is 4.24. The average molecular weight is 299 g/mol. The molecule has 0 saturated carbocycles. The molecule has 0 radical (unpaired) electrons. The fourth-order valence-electron chi connectivity index (χ4n) is 3.28. The number of benzene rings is 1. The van der Waals surface area contributed by atoms with Crippen LogP contribution >= 0.6 is 0 Å². The average Bonchev–Trinajstić information content (AvgIpc) is 2.52. The summed E-state index contributed by atoms with van der Waals surface area (Å²) in [6, 6.07) is 6.21. The maximum absolute atomic E-state index is 5.49. The van der Waals surface area contributed by atoms with E-state index in [0.717, 1.165) is 37.6 Å². The van der Waals surface area contributed by atoms with Crippen molar-refractivity contribution in [3.8, 4) is 5.75 Å². The number of hydrogen-bond donors (Lipinski definition) is 0. The zero-order valence-corrected chi connectivity index (χ0v) is 14.0. The van der Waals surface area contributed by atoms with Crippen molar-refractivity contribution in [1.82, 2.24) is 9.88 Å². The normalized spacial score (nSPS) is 15.4. The van der Waals surface area contributed by atoms with Gasteiger partial charge in [-0.1, -0.05) is 32.9 Å². The molecule has 0 fully saturated rings. The first-order chi connectivity index (χ1) is 10.6. The molecule has 1 aromatic carbocycles. The zero-order chi connectivity index (χ0) is 15.7. The van der Waals surface area contributed by atoms with E-state index < -0.39 is 0 Å². The number of para-hydroxylation sites is 1. The van der Waals surface area contributed by atoms with Crippen molar-refractivity contribution in [3.63, 3.8) is 0 Å². The Morgan fingerprint density at radius 3 is 2.82 bits per heavy atom. The van der Waals surface area contributed by atoms with Crippen molar-refractivity contribution in [2.45, 2.75) is 27.3 Å². The van der Waals surface area contributed by atoms with Gasteiger partial charge in [-0.25, -0.2) is 0 Å². The molecule has 1 aliphatic rings. The van der Waals surface area contributed by atoms with Gasteiger partial charge in [-0.2, -0.15) is 0 Å². The van der Waals surface area contributed by atoms with Gasteiger partial charge in [0.25, 0.3) is 0 Å². The molecule has 1 aromatic heterocycles. The molecule has 0 atom stereocenters. The van der Waals surface area contributed by atoms with E-state index in [2.05, 4.69) is 47.7 Å². The van der Waals surface area contributed by atoms with Gasteiger partial charge in [-0.15, -0.1) is 0 Å². The summed E-state index contributed by atoms with van der Waals surface area (Å²) in [4.78, 5) is 9.62. The molecule has 4 heteroatoms. The minimum Gasteiger partial charge on any atom is -0.494 e. The lowest BCUT2D eigenvalue weighted by Gasteiger charge is -2.39. The number of aromatic nitrogens is 1. The highest BCUT2D eigenvalue weighted by Gasteiger charge is 2.25. The smallest absolute Gasteiger partial charge is 0.145 e. The van der Waals surface area contributed by atoms with Gasteiger partial charge in [0.15, 0.2) is 0 Å². The summed E-state index contributed by atoms with van der Waals surface area (Å²) in [6.07, 6.45) is 2.02. The third-order valence-corrected chi connectivity index (χ3v) is 4.24. The first-order valence-electron chi connectivity index (χ1n) is 8.06. The van der Waals surface area contributed by atoms with Crippen LogP contribution < -0.4 is 9.64 Å². The van der Waals surface area contributed by atoms with E-state index in [1.54, 1.807) is 7.11 Å². The zero-order valence-electron chi connectivity index (χ0n) is 14.0. The van der Waals surface area contributed by atoms with E-state index in [9.17, 15) is 0 Å². The molecule has 3 rings (SSSR count). The topological polar surface area (TPSA) is 28.6 Å². The molecule has 0 aliphatic carbocycles. The van der Waals surface area contributed by atoms with E-state index in [4.69, 9.17) is 4.74 Å². The summed E-state index contributed by atoms with van der Waals surface area (Å²) >= 11 is 0. The number of fused-ring (bicyclic) bond motifs is 3. The highest BCUT2D eigenvalue weighted by Crippen LogP contribution is 2.37. The predicted molar refractivity (Wildman–Crippen MR) is 91.4 cm³/mol. The van der Waals surface area contributed by atoms with Crippen LogP contribution in [0.2, 0.25) is 0 Å². The minimum absolute atomic E-state index is 0.624. The Morgan fingerprint density at radius 2 is 2.14 bits per heavy atom. The van der Waals surface area contributed by atoms with Gasteiger partial charge >= 0.3 is 0 Å². The van der Waals surface area contributed by atoms with Crippen molar-refractivity contribution >= 4 is 16.6 Å². The Balaban J connectivity index is 2.17. The molecule has 2 heterocycles. The first-order valence-corrected chi connectivity index (χ1v) is 8.06. The maximum atomic E-state index is 5.49. The molecule has 0 saturated heterocycles. The van der Waals surface area contributed by atoms with Crippen molar-refractivity contribution in [2.75, 3.05) is 31.8 Å². The lowest BCUT2D eigenvalue weighted by atomic mass is 10.0. The van der Waals surface area contributed by atoms with E-state index in [1.807, 2.05) is 12.3 Å². The Morgan fingerprint density at radius 1 is 1.32 bits per heavy atom. The van der Waals surface area contributed by atoms with Gasteiger partial charge in [0.05, 0.1) is 19.5 Å². The number of pyridine rings is 1. The standard InChI is InChI=1S/C18H25N3O/c1-5-20-11-14-9-19-17-15(7-6-8-16(17)22-4)18(14)21(12-20)10-13(2)3/h6-9,13H,5,10-12H2,1-4H3. The van der Waals surface area contributed by atoms with E-state index in [-0.39, 0.29) is 0 Å². The fraction of sp³-hybridized carbons (Fsp3) is 0.500. The predicted octanol–water partition coefficient (Wildman–Crippen LogP) is 3.50. The molecule has 0 unspecified atom stereocenters. The Labute approximate surface area is 132 Å². The minimum atomic E-state index is 0.624. The first kappa shape index (κ1) is 15.1. The van der Waals surface area contributed by atoms with Crippen molar-refractivity contribution in [1.29, 1.82) is 0 Å². The lowest BCUT2D eigenvalue weighted by molar-refractivity contribution is 0.261. The van der Waals surface area contributed by atoms with Crippen LogP contribution in [0.1, 0.15) is 26.3 Å². The molecule has 0 spiro atoms. The summed E-state index contributed by atoms with van der Waals surface area (Å²) in [5.74, 6) is 1.47. The van der Waals surface area contributed by atoms with Gasteiger partial charge < -0.3 is 9.64 Å². The lowest BCUT2D eigenvalue weighted by Crippen LogP contribution is -2.43. The monoisotopic (exact) mass is 299 g/mol. The summed E-state index contributed by atoms with van der Waals surface area (Å²) in [5, 5.41) is 1.20. The summed E-state index contributed by atoms with van der Waals surface area (Å²) < 4.78 is 5.49. The van der Waals surface area contributed by atoms with Crippen molar-refractivity contribution < 1.29 is 4.74 Å². The summed E-state index contributed by atoms with van der Waals surface area (Å²) in [5.41, 5.74) is 3.61. The van der Waals surface area contributed by atoms with Gasteiger partial charge in [0, 0.05) is 30.2 Å². The van der Waals surface area contributed by atoms with Crippen LogP contribution in [0.4, 0.5) is 5.69 Å². The molecule has 0 bridgehead atoms. The molecule has 0 amide bonds. The number of nitrogens with zero attached hydrogens (tertiary/aromatic N) is 3. The van der Waals surface area contributed by atoms with Gasteiger partial charge in [0.2, 0.25) is 0 Å². The van der Waals surface area contributed by atoms with Gasteiger partial charge in [-0.3, -0.25) is 9.88 Å². The van der Waals surface area contributed by atoms with Crippen molar-refractivity contribution in [3.05, 3.63) is 30.0 Å². The number of hydrogen-bond acceptors (Lipinski definition) is 4. The molecular formula is C18H25N3O. The van der Waals surface area contributed by atoms with Crippen LogP contribution in [0.3, 0.4) is 0 Å². The van der Waals surface area contributed by atoms with E-state index in [1.165, 1.54) is 16.6 Å². The second-order valence-electron chi connectivity index (χ2n) is 6.39. The molecular weight excluding hydrogens is 274 g/mol. The number of rotatable bonds is 4. The van der Waals surface area contributed by atoms with E-state index >= 15 is 0 Å². The maximum Gasteiger partial charge on any atom is 0.145 e. The van der Waals surface area contributed by atoms with E-state index in [0.29, 0.717) is 5.92 Å². The van der Waals surface area contributed by atoms with Crippen LogP contribution in [-0.4, -0.2) is 36.8 Å². The SMILES string of the molecule is CCN1Cc2cnc3c(OC)cccc3c2N(CC(C)C)C1.